The highest BCUT2D eigenvalue weighted by atomic mass is 16.5. The van der Waals surface area contributed by atoms with Crippen LogP contribution in [0.4, 0.5) is 0 Å². The van der Waals surface area contributed by atoms with Crippen molar-refractivity contribution in [1.29, 1.82) is 0 Å². The lowest BCUT2D eigenvalue weighted by Crippen LogP contribution is -2.31. The van der Waals surface area contributed by atoms with Gasteiger partial charge in [-0.15, -0.1) is 0 Å². The zero-order valence-electron chi connectivity index (χ0n) is 19.8. The Bertz CT molecular complexity index is 1430. The van der Waals surface area contributed by atoms with Gasteiger partial charge < -0.3 is 14.2 Å². The maximum Gasteiger partial charge on any atom is 0.255 e. The first-order valence-electron chi connectivity index (χ1n) is 11.8. The van der Waals surface area contributed by atoms with Crippen LogP contribution in [-0.2, 0) is 19.6 Å². The zero-order valence-corrected chi connectivity index (χ0v) is 19.8. The lowest BCUT2D eigenvalue weighted by atomic mass is 10.0. The highest BCUT2D eigenvalue weighted by Gasteiger charge is 2.20. The number of aromatic nitrogens is 1. The van der Waals surface area contributed by atoms with E-state index in [4.69, 9.17) is 4.74 Å². The number of rotatable bonds is 8. The summed E-state index contributed by atoms with van der Waals surface area (Å²) in [5, 5.41) is 2.05. The van der Waals surface area contributed by atoms with Crippen LogP contribution in [0.5, 0.6) is 5.75 Å². The second-order valence-corrected chi connectivity index (χ2v) is 8.65. The van der Waals surface area contributed by atoms with Crippen LogP contribution in [0.25, 0.3) is 10.8 Å². The quantitative estimate of drug-likeness (QED) is 0.263. The number of amides is 1. The summed E-state index contributed by atoms with van der Waals surface area (Å²) in [6.45, 7) is 1.75. The molecule has 5 aromatic rings. The maximum atomic E-state index is 13.9. The molecule has 0 aliphatic rings. The van der Waals surface area contributed by atoms with E-state index in [1.807, 2.05) is 89.8 Å². The summed E-state index contributed by atoms with van der Waals surface area (Å²) in [4.78, 5) is 15.9. The monoisotopic (exact) mass is 460 g/mol. The smallest absolute Gasteiger partial charge is 0.255 e. The molecule has 0 aliphatic carbocycles. The summed E-state index contributed by atoms with van der Waals surface area (Å²) in [5.74, 6) is 0.868. The van der Waals surface area contributed by atoms with Gasteiger partial charge in [0.05, 0.1) is 13.7 Å². The minimum Gasteiger partial charge on any atom is -0.497 e. The van der Waals surface area contributed by atoms with Crippen molar-refractivity contribution in [2.24, 2.45) is 0 Å². The Hall–Kier alpha value is -4.31. The Balaban J connectivity index is 1.47. The molecule has 174 valence electrons. The highest BCUT2D eigenvalue weighted by molar-refractivity contribution is 6.07. The van der Waals surface area contributed by atoms with Gasteiger partial charge in [-0.2, -0.15) is 0 Å². The van der Waals surface area contributed by atoms with Gasteiger partial charge in [-0.25, -0.2) is 0 Å². The van der Waals surface area contributed by atoms with Crippen LogP contribution in [0.2, 0.25) is 0 Å². The zero-order chi connectivity index (χ0) is 24.0. The molecule has 0 atom stereocenters. The molecule has 5 rings (SSSR count). The minimum atomic E-state index is 0.0276. The first-order valence-corrected chi connectivity index (χ1v) is 11.8. The molecule has 0 saturated heterocycles. The molecule has 0 aliphatic heterocycles. The summed E-state index contributed by atoms with van der Waals surface area (Å²) in [6, 6.07) is 36.4. The van der Waals surface area contributed by atoms with Gasteiger partial charge in [0.1, 0.15) is 5.75 Å². The third-order valence-electron chi connectivity index (χ3n) is 6.29. The molecule has 4 aromatic carbocycles. The molecule has 1 heterocycles. The van der Waals surface area contributed by atoms with E-state index in [2.05, 4.69) is 35.0 Å². The molecule has 0 unspecified atom stereocenters. The van der Waals surface area contributed by atoms with Crippen molar-refractivity contribution in [3.05, 3.63) is 138 Å². The van der Waals surface area contributed by atoms with Gasteiger partial charge in [0.25, 0.3) is 5.91 Å². The molecular formula is C31H28N2O2. The molecule has 0 saturated carbocycles. The molecule has 0 fully saturated rings. The lowest BCUT2D eigenvalue weighted by molar-refractivity contribution is 0.0728. The number of carbonyl (C=O) groups is 1. The standard InChI is InChI=1S/C31H28N2O2/c1-35-28-16-7-12-25(20-28)22-32-19-9-15-27(32)23-33(21-24-10-3-2-4-11-24)31(34)30-18-8-14-26-13-5-6-17-29(26)30/h2-20H,21-23H2,1H3. The molecule has 0 N–H and O–H groups in total. The second-order valence-electron chi connectivity index (χ2n) is 8.65. The van der Waals surface area contributed by atoms with E-state index in [0.717, 1.165) is 38.9 Å². The summed E-state index contributed by atoms with van der Waals surface area (Å²) >= 11 is 0. The predicted molar refractivity (Wildman–Crippen MR) is 140 cm³/mol. The van der Waals surface area contributed by atoms with Crippen LogP contribution < -0.4 is 4.74 Å². The van der Waals surface area contributed by atoms with E-state index >= 15 is 0 Å². The number of benzene rings is 4. The molecule has 1 aromatic heterocycles. The Labute approximate surface area is 206 Å². The number of nitrogens with zero attached hydrogens (tertiary/aromatic N) is 2. The summed E-state index contributed by atoms with van der Waals surface area (Å²) < 4.78 is 7.59. The molecule has 4 nitrogen and oxygen atoms in total. The fourth-order valence-corrected chi connectivity index (χ4v) is 4.50. The largest absolute Gasteiger partial charge is 0.497 e. The molecule has 1 amide bonds. The molecular weight excluding hydrogens is 432 g/mol. The van der Waals surface area contributed by atoms with Gasteiger partial charge in [-0.3, -0.25) is 4.79 Å². The van der Waals surface area contributed by atoms with Crippen LogP contribution in [0.3, 0.4) is 0 Å². The SMILES string of the molecule is COc1cccc(Cn2cccc2CN(Cc2ccccc2)C(=O)c2cccc3ccccc23)c1. The van der Waals surface area contributed by atoms with E-state index < -0.39 is 0 Å². The van der Waals surface area contributed by atoms with Gasteiger partial charge >= 0.3 is 0 Å². The second kappa shape index (κ2) is 10.3. The average molecular weight is 461 g/mol. The van der Waals surface area contributed by atoms with Gasteiger partial charge in [0, 0.05) is 30.5 Å². The lowest BCUT2D eigenvalue weighted by Gasteiger charge is -2.25. The van der Waals surface area contributed by atoms with Gasteiger partial charge in [0.2, 0.25) is 0 Å². The molecule has 4 heteroatoms. The average Bonchev–Trinajstić information content (AvgIpc) is 3.34. The topological polar surface area (TPSA) is 34.5 Å². The van der Waals surface area contributed by atoms with Crippen LogP contribution in [0.15, 0.2) is 115 Å². The van der Waals surface area contributed by atoms with Gasteiger partial charge in [0.15, 0.2) is 0 Å². The first-order chi connectivity index (χ1) is 17.2. The third-order valence-corrected chi connectivity index (χ3v) is 6.29. The fourth-order valence-electron chi connectivity index (χ4n) is 4.50. The van der Waals surface area contributed by atoms with E-state index in [0.29, 0.717) is 19.6 Å². The Kier molecular flexibility index (Phi) is 6.62. The minimum absolute atomic E-state index is 0.0276. The maximum absolute atomic E-state index is 13.9. The number of carbonyl (C=O) groups excluding carboxylic acids is 1. The van der Waals surface area contributed by atoms with Gasteiger partial charge in [-0.1, -0.05) is 78.9 Å². The summed E-state index contributed by atoms with van der Waals surface area (Å²) in [5.41, 5.74) is 4.06. The van der Waals surface area contributed by atoms with E-state index in [1.54, 1.807) is 7.11 Å². The number of fused-ring (bicyclic) bond motifs is 1. The number of methoxy groups -OCH3 is 1. The highest BCUT2D eigenvalue weighted by Crippen LogP contribution is 2.23. The first kappa shape index (κ1) is 22.5. The molecule has 0 radical (unpaired) electrons. The van der Waals surface area contributed by atoms with Crippen LogP contribution >= 0.6 is 0 Å². The van der Waals surface area contributed by atoms with Gasteiger partial charge in [-0.05, 0) is 52.2 Å². The Morgan fingerprint density at radius 2 is 1.51 bits per heavy atom. The number of hydrogen-bond acceptors (Lipinski definition) is 2. The van der Waals surface area contributed by atoms with Crippen molar-refractivity contribution in [1.82, 2.24) is 9.47 Å². The van der Waals surface area contributed by atoms with Crippen LogP contribution in [0, 0.1) is 0 Å². The van der Waals surface area contributed by atoms with E-state index in [9.17, 15) is 4.79 Å². The molecule has 0 bridgehead atoms. The Morgan fingerprint density at radius 3 is 2.37 bits per heavy atom. The molecule has 0 spiro atoms. The Morgan fingerprint density at radius 1 is 0.771 bits per heavy atom. The number of ether oxygens (including phenoxy) is 1. The van der Waals surface area contributed by atoms with E-state index in [1.165, 1.54) is 0 Å². The molecule has 35 heavy (non-hydrogen) atoms. The van der Waals surface area contributed by atoms with Crippen molar-refractivity contribution in [2.45, 2.75) is 19.6 Å². The van der Waals surface area contributed by atoms with E-state index in [-0.39, 0.29) is 5.91 Å². The van der Waals surface area contributed by atoms with Crippen LogP contribution in [-0.4, -0.2) is 22.5 Å². The third kappa shape index (κ3) is 5.12. The fraction of sp³-hybridized carbons (Fsp3) is 0.129. The van der Waals surface area contributed by atoms with Crippen molar-refractivity contribution >= 4 is 16.7 Å². The predicted octanol–water partition coefficient (Wildman–Crippen LogP) is 6.54. The number of hydrogen-bond donors (Lipinski definition) is 0. The normalized spacial score (nSPS) is 10.9. The van der Waals surface area contributed by atoms with Crippen molar-refractivity contribution in [3.8, 4) is 5.75 Å². The summed E-state index contributed by atoms with van der Waals surface area (Å²) in [6.07, 6.45) is 2.07. The van der Waals surface area contributed by atoms with Crippen molar-refractivity contribution in [2.75, 3.05) is 7.11 Å². The summed E-state index contributed by atoms with van der Waals surface area (Å²) in [7, 11) is 1.68. The van der Waals surface area contributed by atoms with Crippen molar-refractivity contribution < 1.29 is 9.53 Å². The van der Waals surface area contributed by atoms with Crippen molar-refractivity contribution in [3.63, 3.8) is 0 Å². The van der Waals surface area contributed by atoms with Crippen LogP contribution in [0.1, 0.15) is 27.2 Å².